The van der Waals surface area contributed by atoms with Gasteiger partial charge in [0.05, 0.1) is 70.8 Å². The number of hydrogen-bond donors (Lipinski definition) is 0. The van der Waals surface area contributed by atoms with Gasteiger partial charge in [-0.2, -0.15) is 15.3 Å². The monoisotopic (exact) mass is 911 g/mol. The zero-order chi connectivity index (χ0) is 43.7. The van der Waals surface area contributed by atoms with Crippen LogP contribution in [0.2, 0.25) is 5.02 Å². The van der Waals surface area contributed by atoms with Crippen molar-refractivity contribution in [2.24, 2.45) is 21.1 Å². The van der Waals surface area contributed by atoms with Gasteiger partial charge >= 0.3 is 0 Å². The Morgan fingerprint density at radius 1 is 0.623 bits per heavy atom. The number of benzene rings is 3. The van der Waals surface area contributed by atoms with Gasteiger partial charge in [0.25, 0.3) is 0 Å². The second-order valence-electron chi connectivity index (χ2n) is 14.8. The van der Waals surface area contributed by atoms with Gasteiger partial charge in [-0.3, -0.25) is 14.0 Å². The van der Waals surface area contributed by atoms with Crippen molar-refractivity contribution >= 4 is 44.6 Å². The molecule has 0 radical (unpaired) electrons. The largest absolute Gasteiger partial charge is 0.501 e. The van der Waals surface area contributed by atoms with Crippen LogP contribution >= 0.6 is 27.5 Å². The van der Waals surface area contributed by atoms with Crippen LogP contribution in [0.15, 0.2) is 53.4 Å². The molecule has 3 saturated carbocycles. The Balaban J connectivity index is 0.000000138. The highest BCUT2D eigenvalue weighted by Crippen LogP contribution is 2.48. The van der Waals surface area contributed by atoms with Gasteiger partial charge in [-0.25, -0.2) is 27.7 Å². The Bertz CT molecular complexity index is 2640. The fourth-order valence-electron chi connectivity index (χ4n) is 6.41. The molecule has 3 heterocycles. The van der Waals surface area contributed by atoms with E-state index in [0.29, 0.717) is 49.9 Å². The van der Waals surface area contributed by atoms with E-state index >= 15 is 0 Å². The highest BCUT2D eigenvalue weighted by atomic mass is 79.9. The van der Waals surface area contributed by atoms with Crippen molar-refractivity contribution in [2.45, 2.75) is 70.7 Å². The lowest BCUT2D eigenvalue weighted by atomic mass is 10.0. The Labute approximate surface area is 364 Å². The topological polar surface area (TPSA) is 94.2 Å². The van der Waals surface area contributed by atoms with Crippen molar-refractivity contribution in [3.05, 3.63) is 121 Å². The van der Waals surface area contributed by atoms with Gasteiger partial charge in [0.2, 0.25) is 17.1 Å². The van der Waals surface area contributed by atoms with Crippen molar-refractivity contribution in [3.8, 4) is 51.0 Å². The summed E-state index contributed by atoms with van der Waals surface area (Å²) >= 11 is 9.30. The molecular weight excluding hydrogens is 875 g/mol. The molecule has 61 heavy (non-hydrogen) atoms. The lowest BCUT2D eigenvalue weighted by Gasteiger charge is -2.14. The first-order chi connectivity index (χ1) is 29.3. The summed E-state index contributed by atoms with van der Waals surface area (Å²) in [6.07, 6.45) is 11.0. The van der Waals surface area contributed by atoms with Gasteiger partial charge in [-0.1, -0.05) is 11.6 Å². The number of aromatic nitrogens is 6. The first-order valence-corrected chi connectivity index (χ1v) is 20.4. The summed E-state index contributed by atoms with van der Waals surface area (Å²) in [5, 5.41) is 12.1. The highest BCUT2D eigenvalue weighted by Gasteiger charge is 2.31. The predicted molar refractivity (Wildman–Crippen MR) is 228 cm³/mol. The Morgan fingerprint density at radius 3 is 1.38 bits per heavy atom. The first kappa shape index (κ1) is 42.8. The summed E-state index contributed by atoms with van der Waals surface area (Å²) < 4.78 is 65.9. The van der Waals surface area contributed by atoms with Gasteiger partial charge in [-0.15, -0.1) is 0 Å². The average molecular weight is 913 g/mol. The van der Waals surface area contributed by atoms with Crippen LogP contribution in [0.25, 0.3) is 48.3 Å². The zero-order valence-electron chi connectivity index (χ0n) is 33.7. The molecule has 17 heteroatoms. The molecule has 0 saturated heterocycles. The van der Waals surface area contributed by atoms with Crippen LogP contribution in [0, 0.1) is 51.0 Å². The van der Waals surface area contributed by atoms with Gasteiger partial charge in [0, 0.05) is 50.2 Å². The van der Waals surface area contributed by atoms with E-state index in [1.54, 1.807) is 87.2 Å². The molecule has 3 aliphatic carbocycles. The third-order valence-electron chi connectivity index (χ3n) is 10.00. The zero-order valence-corrected chi connectivity index (χ0v) is 36.1. The summed E-state index contributed by atoms with van der Waals surface area (Å²) in [5.41, 5.74) is 3.79. The summed E-state index contributed by atoms with van der Waals surface area (Å²) in [6.45, 7) is 25.5. The molecule has 0 unspecified atom stereocenters. The average Bonchev–Trinajstić information content (AvgIpc) is 4.19. The molecule has 0 atom stereocenters. The quantitative estimate of drug-likeness (QED) is 0.134. The van der Waals surface area contributed by atoms with Crippen molar-refractivity contribution in [1.82, 2.24) is 29.3 Å². The second-order valence-corrected chi connectivity index (χ2v) is 16.0. The minimum absolute atomic E-state index is 0.0516. The van der Waals surface area contributed by atoms with Crippen LogP contribution in [-0.2, 0) is 21.1 Å². The van der Waals surface area contributed by atoms with Crippen molar-refractivity contribution in [1.29, 1.82) is 0 Å². The van der Waals surface area contributed by atoms with Crippen LogP contribution < -0.4 is 14.2 Å². The molecule has 3 fully saturated rings. The smallest absolute Gasteiger partial charge is 0.240 e. The Morgan fingerprint density at radius 2 is 1.02 bits per heavy atom. The van der Waals surface area contributed by atoms with E-state index in [2.05, 4.69) is 45.8 Å². The number of hydrogen-bond acceptors (Lipinski definition) is 6. The fourth-order valence-corrected chi connectivity index (χ4v) is 7.15. The van der Waals surface area contributed by atoms with Crippen molar-refractivity contribution in [3.63, 3.8) is 0 Å². The maximum absolute atomic E-state index is 14.6. The summed E-state index contributed by atoms with van der Waals surface area (Å²) in [5.74, 6) is -0.155. The minimum Gasteiger partial charge on any atom is -0.501 e. The number of nitrogens with zero attached hydrogens (tertiary/aromatic N) is 9. The van der Waals surface area contributed by atoms with Crippen LogP contribution in [0.1, 0.15) is 49.7 Å². The second kappa shape index (κ2) is 17.7. The van der Waals surface area contributed by atoms with Gasteiger partial charge in [0.15, 0.2) is 0 Å². The third kappa shape index (κ3) is 9.09. The first-order valence-electron chi connectivity index (χ1n) is 19.2. The summed E-state index contributed by atoms with van der Waals surface area (Å²) in [6, 6.07) is 7.94. The molecule has 9 rings (SSSR count). The van der Waals surface area contributed by atoms with Gasteiger partial charge in [0.1, 0.15) is 34.7 Å². The summed E-state index contributed by atoms with van der Waals surface area (Å²) in [4.78, 5) is 10.4. The molecule has 0 N–H and O–H groups in total. The van der Waals surface area contributed by atoms with E-state index in [1.807, 2.05) is 0 Å². The molecular formula is C44H38BrClF3N9O3. The molecule has 3 aliphatic rings. The number of ether oxygens (including phenoxy) is 3. The third-order valence-corrected chi connectivity index (χ3v) is 10.9. The predicted octanol–water partition coefficient (Wildman–Crippen LogP) is 12.0. The van der Waals surface area contributed by atoms with E-state index in [4.69, 9.17) is 45.5 Å². The van der Waals surface area contributed by atoms with Crippen LogP contribution in [0.3, 0.4) is 0 Å². The van der Waals surface area contributed by atoms with E-state index in [-0.39, 0.29) is 62.9 Å². The number of rotatable bonds is 9. The van der Waals surface area contributed by atoms with Gasteiger partial charge in [-0.05, 0) is 110 Å². The van der Waals surface area contributed by atoms with Crippen molar-refractivity contribution < 1.29 is 27.4 Å². The normalized spacial score (nSPS) is 14.1. The summed E-state index contributed by atoms with van der Waals surface area (Å²) in [7, 11) is 5.13. The number of halogens is 5. The van der Waals surface area contributed by atoms with E-state index in [0.717, 1.165) is 38.5 Å². The molecule has 12 nitrogen and oxygen atoms in total. The maximum Gasteiger partial charge on any atom is 0.240 e. The van der Waals surface area contributed by atoms with Gasteiger partial charge < -0.3 is 14.2 Å². The molecule has 312 valence electrons. The van der Waals surface area contributed by atoms with E-state index in [9.17, 15) is 13.2 Å². The minimum atomic E-state index is -0.621. The van der Waals surface area contributed by atoms with Crippen LogP contribution in [-0.4, -0.2) is 47.7 Å². The van der Waals surface area contributed by atoms with E-state index < -0.39 is 11.6 Å². The Kier molecular flexibility index (Phi) is 12.5. The standard InChI is InChI=1S/C15H13BrFN3O.C15H14FN3O.C14H11ClFN3O/c1-8-6-11(21-9-4-5-9)14(18-2)12(13(8)17)15-10(16)7-19-20(15)3;1-9-8-12(20-10-4-5-10)15(17-2)13(14(9)16)11-6-7-18-19(11)3;1-17-14-11(20-8-3-4-8)7-9(15)13(16)12(14)10-5-6-18-19(10)2/h6-7,9H,4-5H2,1,3H3;6-8,10H,4-5H2,1,3H3;5-8H,3-4H2,2H3. The fraction of sp³-hybridized carbons (Fsp3) is 0.318. The molecule has 0 bridgehead atoms. The van der Waals surface area contributed by atoms with Crippen LogP contribution in [0.5, 0.6) is 17.2 Å². The Hall–Kier alpha value is -6.28. The SMILES string of the molecule is [C-]#[N+]c1c(OC2CC2)cc(C)c(F)c1-c1c(Br)cnn1C.[C-]#[N+]c1c(OC2CC2)cc(C)c(F)c1-c1ccnn1C.[C-]#[N+]c1c(OC2CC2)cc(Cl)c(F)c1-c1ccnn1C. The molecule has 0 amide bonds. The molecule has 3 aromatic carbocycles. The molecule has 6 aromatic rings. The lowest BCUT2D eigenvalue weighted by Crippen LogP contribution is -2.02. The number of aryl methyl sites for hydroxylation is 5. The van der Waals surface area contributed by atoms with Crippen molar-refractivity contribution in [2.75, 3.05) is 0 Å². The molecule has 0 aliphatic heterocycles. The highest BCUT2D eigenvalue weighted by molar-refractivity contribution is 9.10. The maximum atomic E-state index is 14.6. The molecule has 3 aromatic heterocycles. The molecule has 0 spiro atoms. The van der Waals surface area contributed by atoms with E-state index in [1.165, 1.54) is 10.7 Å². The lowest BCUT2D eigenvalue weighted by molar-refractivity contribution is 0.304. The van der Waals surface area contributed by atoms with Crippen LogP contribution in [0.4, 0.5) is 30.2 Å².